The van der Waals surface area contributed by atoms with Gasteiger partial charge in [0.25, 0.3) is 0 Å². The molecule has 0 N–H and O–H groups in total. The quantitative estimate of drug-likeness (QED) is 0.461. The first-order valence-corrected chi connectivity index (χ1v) is 10.4. The second-order valence-corrected chi connectivity index (χ2v) is 7.86. The Morgan fingerprint density at radius 1 is 1.30 bits per heavy atom. The van der Waals surface area contributed by atoms with Gasteiger partial charge in [-0.3, -0.25) is 9.78 Å². The summed E-state index contributed by atoms with van der Waals surface area (Å²) in [6, 6.07) is 10.1. The van der Waals surface area contributed by atoms with Crippen molar-refractivity contribution < 1.29 is 4.79 Å². The maximum absolute atomic E-state index is 12.8. The van der Waals surface area contributed by atoms with Crippen molar-refractivity contribution in [3.63, 3.8) is 0 Å². The number of pyridine rings is 1. The normalized spacial score (nSPS) is 20.6. The van der Waals surface area contributed by atoms with E-state index in [4.69, 9.17) is 0 Å². The molecule has 0 spiro atoms. The van der Waals surface area contributed by atoms with Gasteiger partial charge in [-0.2, -0.15) is 0 Å². The minimum atomic E-state index is 0.336. The van der Waals surface area contributed by atoms with E-state index in [9.17, 15) is 4.79 Å². The van der Waals surface area contributed by atoms with Crippen LogP contribution in [0.3, 0.4) is 0 Å². The number of aromatic nitrogens is 1. The fraction of sp³-hybridized carbons (Fsp3) is 0.500. The Kier molecular flexibility index (Phi) is 7.17. The summed E-state index contributed by atoms with van der Waals surface area (Å²) in [5.41, 5.74) is 2.06. The molecule has 1 aliphatic rings. The zero-order valence-electron chi connectivity index (χ0n) is 16.6. The number of piperidine rings is 1. The Morgan fingerprint density at radius 3 is 2.96 bits per heavy atom. The van der Waals surface area contributed by atoms with Crippen LogP contribution in [-0.4, -0.2) is 35.3 Å². The molecule has 3 nitrogen and oxygen atoms in total. The van der Waals surface area contributed by atoms with Gasteiger partial charge in [0.15, 0.2) is 0 Å². The van der Waals surface area contributed by atoms with Crippen LogP contribution in [0.4, 0.5) is 0 Å². The molecular formula is C24H32N2O. The van der Waals surface area contributed by atoms with Crippen molar-refractivity contribution >= 4 is 16.7 Å². The van der Waals surface area contributed by atoms with Crippen LogP contribution in [0.15, 0.2) is 49.2 Å². The fourth-order valence-corrected chi connectivity index (χ4v) is 4.30. The Bertz CT molecular complexity index is 765. The van der Waals surface area contributed by atoms with Gasteiger partial charge in [-0.25, -0.2) is 0 Å². The number of ketones is 1. The second kappa shape index (κ2) is 9.80. The zero-order chi connectivity index (χ0) is 19.1. The van der Waals surface area contributed by atoms with E-state index in [2.05, 4.69) is 35.5 Å². The first kappa shape index (κ1) is 19.8. The molecule has 0 amide bonds. The summed E-state index contributed by atoms with van der Waals surface area (Å²) >= 11 is 0. The number of carbonyl (C=O) groups is 1. The summed E-state index contributed by atoms with van der Waals surface area (Å²) in [6.45, 7) is 9.65. The van der Waals surface area contributed by atoms with E-state index in [1.165, 1.54) is 25.8 Å². The highest BCUT2D eigenvalue weighted by molar-refractivity contribution is 5.89. The summed E-state index contributed by atoms with van der Waals surface area (Å²) in [4.78, 5) is 19.8. The lowest BCUT2D eigenvalue weighted by Crippen LogP contribution is -2.40. The number of unbranched alkanes of at least 4 members (excludes halogenated alkanes) is 2. The Hall–Kier alpha value is -2.00. The van der Waals surface area contributed by atoms with E-state index < -0.39 is 0 Å². The van der Waals surface area contributed by atoms with Crippen LogP contribution in [0, 0.1) is 11.8 Å². The zero-order valence-corrected chi connectivity index (χ0v) is 16.6. The number of rotatable bonds is 9. The number of hydrogen-bond donors (Lipinski definition) is 0. The molecule has 0 radical (unpaired) electrons. The summed E-state index contributed by atoms with van der Waals surface area (Å²) in [7, 11) is 0. The lowest BCUT2D eigenvalue weighted by Gasteiger charge is -2.37. The number of nitrogens with zero attached hydrogens (tertiary/aromatic N) is 2. The van der Waals surface area contributed by atoms with Gasteiger partial charge in [-0.15, -0.1) is 6.58 Å². The Labute approximate surface area is 163 Å². The minimum Gasteiger partial charge on any atom is -0.303 e. The molecule has 2 aromatic rings. The van der Waals surface area contributed by atoms with Gasteiger partial charge in [0.2, 0.25) is 0 Å². The number of fused-ring (bicyclic) bond motifs is 1. The number of carbonyl (C=O) groups excluding carboxylic acids is 1. The summed E-state index contributed by atoms with van der Waals surface area (Å²) < 4.78 is 0. The highest BCUT2D eigenvalue weighted by Crippen LogP contribution is 2.29. The van der Waals surface area contributed by atoms with Crippen LogP contribution >= 0.6 is 0 Å². The lowest BCUT2D eigenvalue weighted by molar-refractivity contribution is -0.120. The van der Waals surface area contributed by atoms with Crippen molar-refractivity contribution in [3.05, 3.63) is 54.7 Å². The first-order chi connectivity index (χ1) is 13.2. The van der Waals surface area contributed by atoms with Gasteiger partial charge in [0.1, 0.15) is 5.78 Å². The maximum Gasteiger partial charge on any atom is 0.137 e. The van der Waals surface area contributed by atoms with Crippen LogP contribution in [0.2, 0.25) is 0 Å². The van der Waals surface area contributed by atoms with E-state index in [0.717, 1.165) is 36.0 Å². The van der Waals surface area contributed by atoms with Crippen molar-refractivity contribution in [1.82, 2.24) is 9.88 Å². The van der Waals surface area contributed by atoms with Gasteiger partial charge < -0.3 is 4.90 Å². The monoisotopic (exact) mass is 364 g/mol. The third-order valence-electron chi connectivity index (χ3n) is 5.89. The van der Waals surface area contributed by atoms with Gasteiger partial charge in [0.05, 0.1) is 5.52 Å². The molecule has 0 bridgehead atoms. The molecule has 27 heavy (non-hydrogen) atoms. The number of likely N-dealkylation sites (tertiary alicyclic amines) is 1. The fourth-order valence-electron chi connectivity index (χ4n) is 4.30. The van der Waals surface area contributed by atoms with E-state index in [1.54, 1.807) is 0 Å². The van der Waals surface area contributed by atoms with Crippen LogP contribution in [-0.2, 0) is 11.2 Å². The molecule has 0 saturated carbocycles. The average Bonchev–Trinajstić information content (AvgIpc) is 2.69. The molecule has 3 rings (SSSR count). The van der Waals surface area contributed by atoms with Crippen LogP contribution in [0.1, 0.15) is 44.6 Å². The van der Waals surface area contributed by atoms with Gasteiger partial charge >= 0.3 is 0 Å². The largest absolute Gasteiger partial charge is 0.303 e. The van der Waals surface area contributed by atoms with E-state index in [-0.39, 0.29) is 0 Å². The summed E-state index contributed by atoms with van der Waals surface area (Å²) in [6.07, 6.45) is 10.00. The molecule has 1 aromatic heterocycles. The molecule has 1 aromatic carbocycles. The van der Waals surface area contributed by atoms with Crippen LogP contribution in [0.5, 0.6) is 0 Å². The molecule has 2 atom stereocenters. The topological polar surface area (TPSA) is 33.2 Å². The Balaban J connectivity index is 1.58. The molecule has 1 fully saturated rings. The van der Waals surface area contributed by atoms with Gasteiger partial charge in [-0.05, 0) is 55.5 Å². The van der Waals surface area contributed by atoms with Crippen molar-refractivity contribution in [2.24, 2.45) is 11.8 Å². The van der Waals surface area contributed by atoms with Gasteiger partial charge in [0, 0.05) is 31.0 Å². The van der Waals surface area contributed by atoms with E-state index in [0.29, 0.717) is 30.5 Å². The molecule has 0 aliphatic carbocycles. The predicted octanol–water partition coefficient (Wildman–Crippen LogP) is 5.05. The number of Topliss-reactive ketones (excluding diaryl/α,β-unsaturated/α-hetero) is 1. The second-order valence-electron chi connectivity index (χ2n) is 7.86. The highest BCUT2D eigenvalue weighted by Gasteiger charge is 2.28. The minimum absolute atomic E-state index is 0.336. The SMILES string of the molecule is C=C[C@H]1CN(CCCCC)CC[C@H]1CC(=O)Cc1ccnc2ccccc12. The van der Waals surface area contributed by atoms with Crippen molar-refractivity contribution in [2.45, 2.75) is 45.4 Å². The molecular weight excluding hydrogens is 332 g/mol. The lowest BCUT2D eigenvalue weighted by atomic mass is 9.81. The van der Waals surface area contributed by atoms with Crippen molar-refractivity contribution in [1.29, 1.82) is 0 Å². The third kappa shape index (κ3) is 5.26. The summed E-state index contributed by atoms with van der Waals surface area (Å²) in [5.74, 6) is 1.20. The molecule has 0 unspecified atom stereocenters. The van der Waals surface area contributed by atoms with Crippen molar-refractivity contribution in [2.75, 3.05) is 19.6 Å². The highest BCUT2D eigenvalue weighted by atomic mass is 16.1. The third-order valence-corrected chi connectivity index (χ3v) is 5.89. The van der Waals surface area contributed by atoms with Crippen LogP contribution < -0.4 is 0 Å². The Morgan fingerprint density at radius 2 is 2.15 bits per heavy atom. The van der Waals surface area contributed by atoms with E-state index >= 15 is 0 Å². The van der Waals surface area contributed by atoms with Gasteiger partial charge in [-0.1, -0.05) is 44.0 Å². The molecule has 2 heterocycles. The maximum atomic E-state index is 12.8. The molecule has 3 heteroatoms. The molecule has 144 valence electrons. The number of hydrogen-bond acceptors (Lipinski definition) is 3. The van der Waals surface area contributed by atoms with E-state index in [1.807, 2.05) is 30.5 Å². The molecule has 1 aliphatic heterocycles. The smallest absolute Gasteiger partial charge is 0.137 e. The summed E-state index contributed by atoms with van der Waals surface area (Å²) in [5, 5.41) is 1.10. The average molecular weight is 365 g/mol. The standard InChI is InChI=1S/C24H32N2O/c1-3-5-8-14-26-15-12-20(19(4-2)18-26)16-22(27)17-21-11-13-25-24-10-7-6-9-23(21)24/h4,6-7,9-11,13,19-20H,2-3,5,8,12,14-18H2,1H3/t19-,20-/m0/s1. The molecule has 1 saturated heterocycles. The number of benzene rings is 1. The predicted molar refractivity (Wildman–Crippen MR) is 113 cm³/mol. The van der Waals surface area contributed by atoms with Crippen molar-refractivity contribution in [3.8, 4) is 0 Å². The van der Waals surface area contributed by atoms with Crippen LogP contribution in [0.25, 0.3) is 10.9 Å². The first-order valence-electron chi connectivity index (χ1n) is 10.4. The number of para-hydroxylation sites is 1.